The number of rotatable bonds is 7. The molecular weight excluding hydrogens is 345 g/mol. The zero-order valence-electron chi connectivity index (χ0n) is 13.2. The normalized spacial score (nSPS) is 11.7. The fraction of sp³-hybridized carbons (Fsp3) is 0.500. The van der Waals surface area contributed by atoms with E-state index in [4.69, 9.17) is 4.42 Å². The quantitative estimate of drug-likeness (QED) is 0.709. The number of hydrogen-bond acceptors (Lipinski definition) is 5. The number of aromatic nitrogens is 3. The number of furan rings is 1. The van der Waals surface area contributed by atoms with Gasteiger partial charge in [-0.25, -0.2) is 0 Å². The molecular formula is C14H17F3N4O2S. The van der Waals surface area contributed by atoms with Crippen molar-refractivity contribution in [3.05, 3.63) is 30.0 Å². The molecule has 0 radical (unpaired) electrons. The van der Waals surface area contributed by atoms with Gasteiger partial charge in [0.25, 0.3) is 0 Å². The van der Waals surface area contributed by atoms with E-state index in [0.29, 0.717) is 23.3 Å². The van der Waals surface area contributed by atoms with Crippen molar-refractivity contribution in [2.24, 2.45) is 0 Å². The van der Waals surface area contributed by atoms with Crippen LogP contribution in [0, 0.1) is 6.92 Å². The van der Waals surface area contributed by atoms with Gasteiger partial charge in [-0.3, -0.25) is 4.79 Å². The van der Waals surface area contributed by atoms with Crippen LogP contribution in [0.25, 0.3) is 0 Å². The zero-order valence-corrected chi connectivity index (χ0v) is 14.0. The molecule has 2 rings (SSSR count). The van der Waals surface area contributed by atoms with Crippen LogP contribution in [0.2, 0.25) is 0 Å². The van der Waals surface area contributed by atoms with E-state index in [0.717, 1.165) is 16.7 Å². The molecule has 0 aliphatic heterocycles. The lowest BCUT2D eigenvalue weighted by atomic mass is 10.3. The largest absolute Gasteiger partial charge is 0.467 e. The lowest BCUT2D eigenvalue weighted by Crippen LogP contribution is -2.39. The summed E-state index contributed by atoms with van der Waals surface area (Å²) in [6, 6.07) is 3.09. The van der Waals surface area contributed by atoms with Gasteiger partial charge in [0.2, 0.25) is 5.91 Å². The van der Waals surface area contributed by atoms with Crippen molar-refractivity contribution < 1.29 is 22.4 Å². The molecule has 6 nitrogen and oxygen atoms in total. The topological polar surface area (TPSA) is 64.2 Å². The van der Waals surface area contributed by atoms with E-state index in [1.54, 1.807) is 17.6 Å². The summed E-state index contributed by atoms with van der Waals surface area (Å²) in [6.07, 6.45) is -3.13. The third-order valence-electron chi connectivity index (χ3n) is 3.19. The third kappa shape index (κ3) is 5.02. The standard InChI is InChI=1S/C14H17F3N4O2S/c1-3-21-10(2)18-19-13(21)24-8-12(22)20(9-14(15,16)17)7-11-5-4-6-23-11/h4-6H,3,7-9H2,1-2H3. The second-order valence-corrected chi connectivity index (χ2v) is 5.95. The Morgan fingerprint density at radius 3 is 2.75 bits per heavy atom. The molecule has 2 aromatic rings. The van der Waals surface area contributed by atoms with E-state index in [9.17, 15) is 18.0 Å². The Morgan fingerprint density at radius 1 is 1.42 bits per heavy atom. The highest BCUT2D eigenvalue weighted by Gasteiger charge is 2.33. The number of carbonyl (C=O) groups excluding carboxylic acids is 1. The van der Waals surface area contributed by atoms with Gasteiger partial charge in [0.1, 0.15) is 18.1 Å². The second-order valence-electron chi connectivity index (χ2n) is 5.01. The molecule has 0 spiro atoms. The maximum absolute atomic E-state index is 12.7. The van der Waals surface area contributed by atoms with Crippen molar-refractivity contribution in [3.63, 3.8) is 0 Å². The van der Waals surface area contributed by atoms with E-state index in [2.05, 4.69) is 10.2 Å². The Balaban J connectivity index is 2.03. The van der Waals surface area contributed by atoms with Crippen LogP contribution in [0.4, 0.5) is 13.2 Å². The van der Waals surface area contributed by atoms with Gasteiger partial charge in [-0.15, -0.1) is 10.2 Å². The molecule has 0 N–H and O–H groups in total. The van der Waals surface area contributed by atoms with Gasteiger partial charge in [-0.2, -0.15) is 13.2 Å². The number of hydrogen-bond donors (Lipinski definition) is 0. The van der Waals surface area contributed by atoms with Crippen LogP contribution < -0.4 is 0 Å². The average Bonchev–Trinajstić information content (AvgIpc) is 3.12. The first-order valence-corrected chi connectivity index (χ1v) is 8.18. The van der Waals surface area contributed by atoms with Crippen molar-refractivity contribution >= 4 is 17.7 Å². The fourth-order valence-electron chi connectivity index (χ4n) is 2.09. The van der Waals surface area contributed by atoms with Gasteiger partial charge in [0.05, 0.1) is 18.6 Å². The summed E-state index contributed by atoms with van der Waals surface area (Å²) in [4.78, 5) is 13.0. The molecule has 0 saturated heterocycles. The monoisotopic (exact) mass is 362 g/mol. The van der Waals surface area contributed by atoms with Gasteiger partial charge >= 0.3 is 6.18 Å². The van der Waals surface area contributed by atoms with Crippen LogP contribution in [-0.4, -0.2) is 44.0 Å². The lowest BCUT2D eigenvalue weighted by molar-refractivity contribution is -0.161. The number of carbonyl (C=O) groups is 1. The van der Waals surface area contributed by atoms with Crippen molar-refractivity contribution in [2.45, 2.75) is 38.3 Å². The maximum atomic E-state index is 12.7. The molecule has 0 fully saturated rings. The van der Waals surface area contributed by atoms with E-state index in [-0.39, 0.29) is 12.3 Å². The number of thioether (sulfide) groups is 1. The Hall–Kier alpha value is -1.97. The molecule has 0 aromatic carbocycles. The second kappa shape index (κ2) is 7.73. The Labute approximate surface area is 141 Å². The predicted octanol–water partition coefficient (Wildman–Crippen LogP) is 2.88. The predicted molar refractivity (Wildman–Crippen MR) is 81.3 cm³/mol. The van der Waals surface area contributed by atoms with Crippen LogP contribution in [-0.2, 0) is 17.9 Å². The molecule has 132 valence electrons. The zero-order chi connectivity index (χ0) is 17.7. The highest BCUT2D eigenvalue weighted by Crippen LogP contribution is 2.21. The highest BCUT2D eigenvalue weighted by atomic mass is 32.2. The first kappa shape index (κ1) is 18.4. The Bertz CT molecular complexity index is 670. The maximum Gasteiger partial charge on any atom is 0.406 e. The first-order chi connectivity index (χ1) is 11.3. The van der Waals surface area contributed by atoms with Gasteiger partial charge in [-0.1, -0.05) is 11.8 Å². The van der Waals surface area contributed by atoms with Crippen molar-refractivity contribution in [1.82, 2.24) is 19.7 Å². The van der Waals surface area contributed by atoms with Gasteiger partial charge in [-0.05, 0) is 26.0 Å². The number of halogens is 3. The van der Waals surface area contributed by atoms with Gasteiger partial charge < -0.3 is 13.9 Å². The molecule has 0 bridgehead atoms. The Kier molecular flexibility index (Phi) is 5.92. The molecule has 2 aromatic heterocycles. The van der Waals surface area contributed by atoms with E-state index in [1.807, 2.05) is 6.92 Å². The molecule has 24 heavy (non-hydrogen) atoms. The van der Waals surface area contributed by atoms with Crippen LogP contribution in [0.1, 0.15) is 18.5 Å². The fourth-order valence-corrected chi connectivity index (χ4v) is 3.04. The molecule has 0 aliphatic rings. The van der Waals surface area contributed by atoms with Crippen molar-refractivity contribution in [1.29, 1.82) is 0 Å². The molecule has 0 aliphatic carbocycles. The minimum Gasteiger partial charge on any atom is -0.467 e. The summed E-state index contributed by atoms with van der Waals surface area (Å²) in [5.41, 5.74) is 0. The molecule has 0 atom stereocenters. The summed E-state index contributed by atoms with van der Waals surface area (Å²) in [5.74, 6) is 0.187. The highest BCUT2D eigenvalue weighted by molar-refractivity contribution is 7.99. The minimum absolute atomic E-state index is 0.158. The number of nitrogens with zero attached hydrogens (tertiary/aromatic N) is 4. The molecule has 0 unspecified atom stereocenters. The number of alkyl halides is 3. The minimum atomic E-state index is -4.48. The van der Waals surface area contributed by atoms with Gasteiger partial charge in [0.15, 0.2) is 5.16 Å². The number of amides is 1. The molecule has 10 heteroatoms. The average molecular weight is 362 g/mol. The third-order valence-corrected chi connectivity index (χ3v) is 4.14. The van der Waals surface area contributed by atoms with Crippen LogP contribution in [0.15, 0.2) is 28.0 Å². The SMILES string of the molecule is CCn1c(C)nnc1SCC(=O)N(Cc1ccco1)CC(F)(F)F. The van der Waals surface area contributed by atoms with Crippen LogP contribution >= 0.6 is 11.8 Å². The summed E-state index contributed by atoms with van der Waals surface area (Å²) < 4.78 is 45.0. The summed E-state index contributed by atoms with van der Waals surface area (Å²) in [6.45, 7) is 2.73. The molecule has 0 saturated carbocycles. The van der Waals surface area contributed by atoms with E-state index >= 15 is 0 Å². The van der Waals surface area contributed by atoms with Gasteiger partial charge in [0, 0.05) is 6.54 Å². The van der Waals surface area contributed by atoms with Crippen molar-refractivity contribution in [2.75, 3.05) is 12.3 Å². The Morgan fingerprint density at radius 2 is 2.17 bits per heavy atom. The lowest BCUT2D eigenvalue weighted by Gasteiger charge is -2.22. The van der Waals surface area contributed by atoms with E-state index < -0.39 is 18.6 Å². The summed E-state index contributed by atoms with van der Waals surface area (Å²) in [5, 5.41) is 8.34. The van der Waals surface area contributed by atoms with Crippen LogP contribution in [0.3, 0.4) is 0 Å². The molecule has 2 heterocycles. The summed E-state index contributed by atoms with van der Waals surface area (Å²) >= 11 is 1.07. The number of aryl methyl sites for hydroxylation is 1. The van der Waals surface area contributed by atoms with Crippen molar-refractivity contribution in [3.8, 4) is 0 Å². The summed E-state index contributed by atoms with van der Waals surface area (Å²) in [7, 11) is 0. The van der Waals surface area contributed by atoms with Crippen LogP contribution in [0.5, 0.6) is 0 Å². The smallest absolute Gasteiger partial charge is 0.406 e. The van der Waals surface area contributed by atoms with E-state index in [1.165, 1.54) is 12.3 Å². The first-order valence-electron chi connectivity index (χ1n) is 7.19. The molecule has 1 amide bonds.